The normalized spacial score (nSPS) is 12.6. The van der Waals surface area contributed by atoms with Crippen molar-refractivity contribution in [3.8, 4) is 0 Å². The first-order valence-corrected chi connectivity index (χ1v) is 6.89. The monoisotopic (exact) mass is 265 g/mol. The van der Waals surface area contributed by atoms with Crippen molar-refractivity contribution in [1.29, 1.82) is 0 Å². The number of hydrogen-bond donors (Lipinski definition) is 1. The molecule has 96 valence electrons. The van der Waals surface area contributed by atoms with Crippen molar-refractivity contribution in [3.05, 3.63) is 41.0 Å². The standard InChI is InChI=1S/C12H15N3O2S/c1-8-3-4-10(9(2)5-8)18(16)7-11-14-12(6-13)17-15-11/h3-5H,6-7,13H2,1-2H3. The molecule has 0 aliphatic carbocycles. The van der Waals surface area contributed by atoms with E-state index in [2.05, 4.69) is 10.1 Å². The van der Waals surface area contributed by atoms with Crippen molar-refractivity contribution in [2.45, 2.75) is 31.0 Å². The van der Waals surface area contributed by atoms with E-state index in [4.69, 9.17) is 10.3 Å². The van der Waals surface area contributed by atoms with E-state index in [-0.39, 0.29) is 12.3 Å². The lowest BCUT2D eigenvalue weighted by Gasteiger charge is -2.04. The van der Waals surface area contributed by atoms with Crippen LogP contribution in [0.2, 0.25) is 0 Å². The summed E-state index contributed by atoms with van der Waals surface area (Å²) in [6.45, 7) is 4.15. The second-order valence-electron chi connectivity index (χ2n) is 4.07. The largest absolute Gasteiger partial charge is 0.338 e. The zero-order valence-corrected chi connectivity index (χ0v) is 11.2. The molecule has 1 aromatic carbocycles. The zero-order chi connectivity index (χ0) is 13.1. The lowest BCUT2D eigenvalue weighted by Crippen LogP contribution is -2.01. The van der Waals surface area contributed by atoms with Gasteiger partial charge in [0.05, 0.1) is 23.1 Å². The highest BCUT2D eigenvalue weighted by Crippen LogP contribution is 2.17. The summed E-state index contributed by atoms with van der Waals surface area (Å²) in [6.07, 6.45) is 0. The number of aromatic nitrogens is 2. The second kappa shape index (κ2) is 5.41. The fraction of sp³-hybridized carbons (Fsp3) is 0.333. The van der Waals surface area contributed by atoms with Crippen LogP contribution >= 0.6 is 0 Å². The lowest BCUT2D eigenvalue weighted by atomic mass is 10.2. The van der Waals surface area contributed by atoms with E-state index in [9.17, 15) is 4.21 Å². The first-order chi connectivity index (χ1) is 8.60. The van der Waals surface area contributed by atoms with Crippen molar-refractivity contribution in [1.82, 2.24) is 10.1 Å². The summed E-state index contributed by atoms with van der Waals surface area (Å²) < 4.78 is 17.1. The van der Waals surface area contributed by atoms with Crippen LogP contribution in [0.4, 0.5) is 0 Å². The van der Waals surface area contributed by atoms with Gasteiger partial charge in [0, 0.05) is 4.90 Å². The molecule has 0 fully saturated rings. The Labute approximate surface area is 108 Å². The van der Waals surface area contributed by atoms with E-state index < -0.39 is 10.8 Å². The molecule has 1 atom stereocenters. The van der Waals surface area contributed by atoms with Crippen LogP contribution in [0.1, 0.15) is 22.8 Å². The van der Waals surface area contributed by atoms with Crippen LogP contribution in [0.5, 0.6) is 0 Å². The Balaban J connectivity index is 2.16. The van der Waals surface area contributed by atoms with Crippen molar-refractivity contribution in [2.24, 2.45) is 5.73 Å². The smallest absolute Gasteiger partial charge is 0.240 e. The molecule has 0 aliphatic rings. The fourth-order valence-electron chi connectivity index (χ4n) is 1.68. The summed E-state index contributed by atoms with van der Waals surface area (Å²) >= 11 is 0. The Morgan fingerprint density at radius 1 is 1.39 bits per heavy atom. The highest BCUT2D eigenvalue weighted by molar-refractivity contribution is 7.84. The molecule has 18 heavy (non-hydrogen) atoms. The topological polar surface area (TPSA) is 82.0 Å². The van der Waals surface area contributed by atoms with E-state index in [0.29, 0.717) is 11.7 Å². The maximum absolute atomic E-state index is 12.2. The van der Waals surface area contributed by atoms with E-state index in [1.807, 2.05) is 32.0 Å². The Kier molecular flexibility index (Phi) is 3.88. The van der Waals surface area contributed by atoms with Gasteiger partial charge < -0.3 is 10.3 Å². The van der Waals surface area contributed by atoms with Gasteiger partial charge in [-0.25, -0.2) is 0 Å². The summed E-state index contributed by atoms with van der Waals surface area (Å²) in [5.74, 6) is 1.03. The van der Waals surface area contributed by atoms with E-state index in [1.54, 1.807) is 0 Å². The van der Waals surface area contributed by atoms with Crippen LogP contribution in [-0.4, -0.2) is 14.3 Å². The van der Waals surface area contributed by atoms with E-state index in [0.717, 1.165) is 16.0 Å². The van der Waals surface area contributed by atoms with Gasteiger partial charge in [0.25, 0.3) is 0 Å². The van der Waals surface area contributed by atoms with Gasteiger partial charge in [-0.1, -0.05) is 22.9 Å². The first kappa shape index (κ1) is 12.9. The molecule has 1 aromatic heterocycles. The third-order valence-electron chi connectivity index (χ3n) is 2.52. The number of rotatable bonds is 4. The summed E-state index contributed by atoms with van der Waals surface area (Å²) in [6, 6.07) is 5.83. The maximum Gasteiger partial charge on any atom is 0.240 e. The molecule has 2 aromatic rings. The summed E-state index contributed by atoms with van der Waals surface area (Å²) in [7, 11) is -1.17. The number of benzene rings is 1. The predicted octanol–water partition coefficient (Wildman–Crippen LogP) is 1.45. The number of aryl methyl sites for hydroxylation is 2. The van der Waals surface area contributed by atoms with Gasteiger partial charge in [0.1, 0.15) is 0 Å². The molecule has 5 nitrogen and oxygen atoms in total. The molecular weight excluding hydrogens is 250 g/mol. The molecule has 2 N–H and O–H groups in total. The minimum atomic E-state index is -1.17. The van der Waals surface area contributed by atoms with Gasteiger partial charge in [-0.05, 0) is 25.5 Å². The quantitative estimate of drug-likeness (QED) is 0.904. The van der Waals surface area contributed by atoms with Gasteiger partial charge in [0.2, 0.25) is 5.89 Å². The van der Waals surface area contributed by atoms with Crippen LogP contribution < -0.4 is 5.73 Å². The Hall–Kier alpha value is -1.53. The van der Waals surface area contributed by atoms with E-state index in [1.165, 1.54) is 0 Å². The van der Waals surface area contributed by atoms with Gasteiger partial charge in [-0.15, -0.1) is 0 Å². The van der Waals surface area contributed by atoms with Gasteiger partial charge in [-0.2, -0.15) is 4.98 Å². The lowest BCUT2D eigenvalue weighted by molar-refractivity contribution is 0.376. The van der Waals surface area contributed by atoms with Gasteiger partial charge >= 0.3 is 0 Å². The number of nitrogens with zero attached hydrogens (tertiary/aromatic N) is 2. The first-order valence-electron chi connectivity index (χ1n) is 5.57. The molecule has 0 radical (unpaired) electrons. The van der Waals surface area contributed by atoms with Crippen LogP contribution in [0.25, 0.3) is 0 Å². The average Bonchev–Trinajstić information content (AvgIpc) is 2.76. The third kappa shape index (κ3) is 2.83. The Morgan fingerprint density at radius 2 is 2.17 bits per heavy atom. The molecular formula is C12H15N3O2S. The van der Waals surface area contributed by atoms with Crippen molar-refractivity contribution < 1.29 is 8.73 Å². The van der Waals surface area contributed by atoms with Gasteiger partial charge in [0.15, 0.2) is 5.82 Å². The summed E-state index contributed by atoms with van der Waals surface area (Å²) in [4.78, 5) is 4.85. The fourth-order valence-corrected chi connectivity index (χ4v) is 2.83. The second-order valence-corrected chi connectivity index (χ2v) is 5.49. The average molecular weight is 265 g/mol. The maximum atomic E-state index is 12.2. The summed E-state index contributed by atoms with van der Waals surface area (Å²) in [5, 5.41) is 3.74. The van der Waals surface area contributed by atoms with Crippen molar-refractivity contribution in [3.63, 3.8) is 0 Å². The Bertz CT molecular complexity index is 580. The zero-order valence-electron chi connectivity index (χ0n) is 10.3. The molecule has 1 heterocycles. The molecule has 0 spiro atoms. The predicted molar refractivity (Wildman–Crippen MR) is 68.2 cm³/mol. The number of hydrogen-bond acceptors (Lipinski definition) is 5. The highest BCUT2D eigenvalue weighted by Gasteiger charge is 2.12. The SMILES string of the molecule is Cc1ccc(S(=O)Cc2noc(CN)n2)c(C)c1. The van der Waals surface area contributed by atoms with Crippen LogP contribution in [0.15, 0.2) is 27.6 Å². The minimum Gasteiger partial charge on any atom is -0.338 e. The van der Waals surface area contributed by atoms with Gasteiger partial charge in [-0.3, -0.25) is 4.21 Å². The Morgan fingerprint density at radius 3 is 2.78 bits per heavy atom. The number of nitrogens with two attached hydrogens (primary N) is 1. The molecule has 1 unspecified atom stereocenters. The van der Waals surface area contributed by atoms with Crippen molar-refractivity contribution in [2.75, 3.05) is 0 Å². The van der Waals surface area contributed by atoms with Crippen LogP contribution in [0, 0.1) is 13.8 Å². The minimum absolute atomic E-state index is 0.198. The summed E-state index contributed by atoms with van der Waals surface area (Å²) in [5.41, 5.74) is 7.53. The highest BCUT2D eigenvalue weighted by atomic mass is 32.2. The molecule has 0 saturated carbocycles. The third-order valence-corrected chi connectivity index (χ3v) is 3.99. The van der Waals surface area contributed by atoms with Crippen LogP contribution in [0.3, 0.4) is 0 Å². The molecule has 0 saturated heterocycles. The van der Waals surface area contributed by atoms with Crippen LogP contribution in [-0.2, 0) is 23.1 Å². The molecule has 0 bridgehead atoms. The molecule has 2 rings (SSSR count). The molecule has 0 amide bonds. The molecule has 0 aliphatic heterocycles. The molecule has 6 heteroatoms. The van der Waals surface area contributed by atoms with Crippen molar-refractivity contribution >= 4 is 10.8 Å². The van der Waals surface area contributed by atoms with E-state index >= 15 is 0 Å².